The van der Waals surface area contributed by atoms with Crippen molar-refractivity contribution in [1.29, 1.82) is 0 Å². The first kappa shape index (κ1) is 13.4. The zero-order valence-electron chi connectivity index (χ0n) is 10.2. The Bertz CT molecular complexity index is 235. The second-order valence-electron chi connectivity index (χ2n) is 4.60. The molecule has 1 heterocycles. The van der Waals surface area contributed by atoms with Gasteiger partial charge in [0.15, 0.2) is 0 Å². The highest BCUT2D eigenvalue weighted by atomic mass is 16.5. The van der Waals surface area contributed by atoms with Gasteiger partial charge in [-0.15, -0.1) is 0 Å². The maximum atomic E-state index is 10.9. The Balaban J connectivity index is 2.54. The Labute approximate surface area is 97.1 Å². The number of likely N-dealkylation sites (tertiary alicyclic amines) is 1. The molecule has 0 aromatic rings. The Kier molecular flexibility index (Phi) is 5.18. The quantitative estimate of drug-likeness (QED) is 0.669. The number of piperidine rings is 1. The van der Waals surface area contributed by atoms with Gasteiger partial charge in [-0.05, 0) is 18.9 Å². The Morgan fingerprint density at radius 1 is 1.62 bits per heavy atom. The Morgan fingerprint density at radius 3 is 2.81 bits per heavy atom. The fraction of sp³-hybridized carbons (Fsp3) is 0.909. The second kappa shape index (κ2) is 6.18. The number of primary amides is 1. The van der Waals surface area contributed by atoms with E-state index < -0.39 is 0 Å². The number of nitrogens with two attached hydrogens (primary N) is 2. The number of nitrogens with zero attached hydrogens (tertiary/aromatic N) is 1. The number of hydrogen-bond donors (Lipinski definition) is 2. The highest BCUT2D eigenvalue weighted by Crippen LogP contribution is 2.21. The molecule has 4 N–H and O–H groups in total. The molecule has 0 radical (unpaired) electrons. The molecule has 1 amide bonds. The van der Waals surface area contributed by atoms with Crippen LogP contribution in [0.4, 0.5) is 0 Å². The van der Waals surface area contributed by atoms with Crippen LogP contribution < -0.4 is 11.5 Å². The van der Waals surface area contributed by atoms with Crippen LogP contribution in [0.2, 0.25) is 0 Å². The predicted octanol–water partition coefficient (Wildman–Crippen LogP) is -0.454. The SMILES string of the molecule is COC1CN(C(CN)CC(N)=O)CCC1C. The molecular weight excluding hydrogens is 206 g/mol. The molecule has 0 bridgehead atoms. The van der Waals surface area contributed by atoms with E-state index in [4.69, 9.17) is 16.2 Å². The summed E-state index contributed by atoms with van der Waals surface area (Å²) in [6.45, 7) is 4.47. The smallest absolute Gasteiger partial charge is 0.219 e. The molecule has 1 aliphatic rings. The lowest BCUT2D eigenvalue weighted by molar-refractivity contribution is -0.119. The van der Waals surface area contributed by atoms with Crippen LogP contribution >= 0.6 is 0 Å². The largest absolute Gasteiger partial charge is 0.380 e. The topological polar surface area (TPSA) is 81.6 Å². The van der Waals surface area contributed by atoms with E-state index in [2.05, 4.69) is 11.8 Å². The molecule has 0 aromatic heterocycles. The summed E-state index contributed by atoms with van der Waals surface area (Å²) in [5, 5.41) is 0. The molecule has 0 aromatic carbocycles. The summed E-state index contributed by atoms with van der Waals surface area (Å²) >= 11 is 0. The first-order valence-electron chi connectivity index (χ1n) is 5.83. The van der Waals surface area contributed by atoms with Crippen molar-refractivity contribution in [2.75, 3.05) is 26.7 Å². The van der Waals surface area contributed by atoms with Crippen molar-refractivity contribution in [3.63, 3.8) is 0 Å². The van der Waals surface area contributed by atoms with Gasteiger partial charge >= 0.3 is 0 Å². The van der Waals surface area contributed by atoms with Crippen molar-refractivity contribution in [3.8, 4) is 0 Å². The highest BCUT2D eigenvalue weighted by molar-refractivity contribution is 5.74. The summed E-state index contributed by atoms with van der Waals surface area (Å²) in [5.41, 5.74) is 10.9. The maximum Gasteiger partial charge on any atom is 0.219 e. The van der Waals surface area contributed by atoms with Crippen molar-refractivity contribution in [3.05, 3.63) is 0 Å². The number of hydrogen-bond acceptors (Lipinski definition) is 4. The van der Waals surface area contributed by atoms with Crippen molar-refractivity contribution < 1.29 is 9.53 Å². The molecule has 16 heavy (non-hydrogen) atoms. The van der Waals surface area contributed by atoms with E-state index in [0.29, 0.717) is 18.9 Å². The fourth-order valence-corrected chi connectivity index (χ4v) is 2.29. The average molecular weight is 229 g/mol. The number of carbonyl (C=O) groups excluding carboxylic acids is 1. The summed E-state index contributed by atoms with van der Waals surface area (Å²) in [6.07, 6.45) is 1.64. The van der Waals surface area contributed by atoms with Crippen molar-refractivity contribution in [2.45, 2.75) is 31.9 Å². The zero-order chi connectivity index (χ0) is 12.1. The van der Waals surface area contributed by atoms with Crippen molar-refractivity contribution in [1.82, 2.24) is 4.90 Å². The van der Waals surface area contributed by atoms with E-state index >= 15 is 0 Å². The van der Waals surface area contributed by atoms with Gasteiger partial charge in [-0.1, -0.05) is 6.92 Å². The summed E-state index contributed by atoms with van der Waals surface area (Å²) in [4.78, 5) is 13.2. The van der Waals surface area contributed by atoms with Crippen LogP contribution in [0, 0.1) is 5.92 Å². The normalized spacial score (nSPS) is 28.9. The van der Waals surface area contributed by atoms with Gasteiger partial charge in [0.25, 0.3) is 0 Å². The van der Waals surface area contributed by atoms with E-state index in [1.54, 1.807) is 7.11 Å². The van der Waals surface area contributed by atoms with E-state index in [1.807, 2.05) is 0 Å². The van der Waals surface area contributed by atoms with E-state index in [-0.39, 0.29) is 18.1 Å². The summed E-state index contributed by atoms with van der Waals surface area (Å²) in [5.74, 6) is 0.274. The van der Waals surface area contributed by atoms with Crippen LogP contribution in [0.3, 0.4) is 0 Å². The minimum absolute atomic E-state index is 0.0580. The zero-order valence-corrected chi connectivity index (χ0v) is 10.2. The van der Waals surface area contributed by atoms with Crippen LogP contribution in [-0.4, -0.2) is 49.7 Å². The molecule has 3 unspecified atom stereocenters. The lowest BCUT2D eigenvalue weighted by atomic mass is 9.94. The number of ether oxygens (including phenoxy) is 1. The molecule has 1 fully saturated rings. The van der Waals surface area contributed by atoms with E-state index in [9.17, 15) is 4.79 Å². The summed E-state index contributed by atoms with van der Waals surface area (Å²) in [7, 11) is 1.73. The second-order valence-corrected chi connectivity index (χ2v) is 4.60. The molecule has 3 atom stereocenters. The first-order chi connectivity index (χ1) is 7.58. The first-order valence-corrected chi connectivity index (χ1v) is 5.83. The molecular formula is C11H23N3O2. The molecule has 1 rings (SSSR count). The molecule has 1 aliphatic heterocycles. The third-order valence-corrected chi connectivity index (χ3v) is 3.45. The molecule has 1 saturated heterocycles. The van der Waals surface area contributed by atoms with Crippen molar-refractivity contribution in [2.24, 2.45) is 17.4 Å². The van der Waals surface area contributed by atoms with Gasteiger partial charge in [-0.2, -0.15) is 0 Å². The third kappa shape index (κ3) is 3.43. The Hall–Kier alpha value is -0.650. The van der Waals surface area contributed by atoms with Gasteiger partial charge in [-0.3, -0.25) is 9.69 Å². The number of methoxy groups -OCH3 is 1. The highest BCUT2D eigenvalue weighted by Gasteiger charge is 2.30. The van der Waals surface area contributed by atoms with Crippen LogP contribution in [0.5, 0.6) is 0 Å². The van der Waals surface area contributed by atoms with Gasteiger partial charge in [0.1, 0.15) is 0 Å². The molecule has 0 saturated carbocycles. The van der Waals surface area contributed by atoms with Gasteiger partial charge in [-0.25, -0.2) is 0 Å². The van der Waals surface area contributed by atoms with E-state index in [1.165, 1.54) is 0 Å². The standard InChI is InChI=1S/C11H23N3O2/c1-8-3-4-14(7-10(8)16-2)9(6-12)5-11(13)15/h8-10H,3-7,12H2,1-2H3,(H2,13,15). The monoisotopic (exact) mass is 229 g/mol. The van der Waals surface area contributed by atoms with E-state index in [0.717, 1.165) is 19.5 Å². The lowest BCUT2D eigenvalue weighted by Gasteiger charge is -2.40. The minimum Gasteiger partial charge on any atom is -0.380 e. The summed E-state index contributed by atoms with van der Waals surface area (Å²) in [6, 6.07) is 0.0580. The maximum absolute atomic E-state index is 10.9. The van der Waals surface area contributed by atoms with Crippen molar-refractivity contribution >= 4 is 5.91 Å². The molecule has 5 heteroatoms. The fourth-order valence-electron chi connectivity index (χ4n) is 2.29. The predicted molar refractivity (Wildman–Crippen MR) is 62.8 cm³/mol. The average Bonchev–Trinajstić information content (AvgIpc) is 2.26. The van der Waals surface area contributed by atoms with Crippen LogP contribution in [-0.2, 0) is 9.53 Å². The van der Waals surface area contributed by atoms with Gasteiger partial charge < -0.3 is 16.2 Å². The number of rotatable bonds is 5. The van der Waals surface area contributed by atoms with Gasteiger partial charge in [0.05, 0.1) is 6.10 Å². The van der Waals surface area contributed by atoms with Crippen LogP contribution in [0.25, 0.3) is 0 Å². The summed E-state index contributed by atoms with van der Waals surface area (Å²) < 4.78 is 5.43. The van der Waals surface area contributed by atoms with Crippen LogP contribution in [0.15, 0.2) is 0 Å². The number of amides is 1. The third-order valence-electron chi connectivity index (χ3n) is 3.45. The van der Waals surface area contributed by atoms with Crippen LogP contribution in [0.1, 0.15) is 19.8 Å². The molecule has 94 valence electrons. The molecule has 0 spiro atoms. The van der Waals surface area contributed by atoms with Gasteiger partial charge in [0, 0.05) is 32.7 Å². The van der Waals surface area contributed by atoms with Gasteiger partial charge in [0.2, 0.25) is 5.91 Å². The number of carbonyl (C=O) groups is 1. The molecule has 0 aliphatic carbocycles. The molecule has 5 nitrogen and oxygen atoms in total. The minimum atomic E-state index is -0.289. The Morgan fingerprint density at radius 2 is 2.31 bits per heavy atom. The lowest BCUT2D eigenvalue weighted by Crippen LogP contribution is -2.51.